The third kappa shape index (κ3) is 3.79. The number of ether oxygens (including phenoxy) is 2. The summed E-state index contributed by atoms with van der Waals surface area (Å²) < 4.78 is 11.0. The lowest BCUT2D eigenvalue weighted by molar-refractivity contribution is -0.141. The van der Waals surface area contributed by atoms with Gasteiger partial charge in [-0.15, -0.1) is 0 Å². The largest absolute Gasteiger partial charge is 0.456 e. The lowest BCUT2D eigenvalue weighted by Crippen LogP contribution is -2.14. The van der Waals surface area contributed by atoms with E-state index < -0.39 is 0 Å². The molecule has 0 saturated carbocycles. The highest BCUT2D eigenvalue weighted by Crippen LogP contribution is 2.26. The molecule has 0 amide bonds. The van der Waals surface area contributed by atoms with Crippen LogP contribution in [0.25, 0.3) is 5.70 Å². The second kappa shape index (κ2) is 7.11. The summed E-state index contributed by atoms with van der Waals surface area (Å²) in [5.74, 6) is -0.348. The Kier molecular flexibility index (Phi) is 4.74. The van der Waals surface area contributed by atoms with E-state index in [1.54, 1.807) is 0 Å². The van der Waals surface area contributed by atoms with Crippen LogP contribution in [0.4, 0.5) is 0 Å². The van der Waals surface area contributed by atoms with Crippen molar-refractivity contribution in [3.8, 4) is 0 Å². The highest BCUT2D eigenvalue weighted by atomic mass is 16.6. The Labute approximate surface area is 135 Å². The summed E-state index contributed by atoms with van der Waals surface area (Å²) in [4.78, 5) is 12.0. The molecule has 1 fully saturated rings. The normalized spacial score (nSPS) is 19.5. The van der Waals surface area contributed by atoms with E-state index in [0.29, 0.717) is 30.9 Å². The Hall–Kier alpha value is -2.59. The predicted molar refractivity (Wildman–Crippen MR) is 88.1 cm³/mol. The molecule has 2 N–H and O–H groups in total. The molecule has 0 spiro atoms. The van der Waals surface area contributed by atoms with Crippen molar-refractivity contribution in [3.05, 3.63) is 77.4 Å². The Morgan fingerprint density at radius 2 is 1.74 bits per heavy atom. The minimum atomic E-state index is -0.348. The van der Waals surface area contributed by atoms with E-state index in [4.69, 9.17) is 15.2 Å². The second-order valence-electron chi connectivity index (χ2n) is 5.49. The molecular formula is C19H19NO3. The summed E-state index contributed by atoms with van der Waals surface area (Å²) in [6, 6.07) is 19.4. The summed E-state index contributed by atoms with van der Waals surface area (Å²) in [7, 11) is 0. The van der Waals surface area contributed by atoms with Gasteiger partial charge in [-0.2, -0.15) is 0 Å². The van der Waals surface area contributed by atoms with Crippen LogP contribution in [0, 0.1) is 0 Å². The zero-order valence-corrected chi connectivity index (χ0v) is 12.8. The lowest BCUT2D eigenvalue weighted by Gasteiger charge is -2.09. The van der Waals surface area contributed by atoms with E-state index >= 15 is 0 Å². The minimum Gasteiger partial charge on any atom is -0.456 e. The van der Waals surface area contributed by atoms with Crippen LogP contribution >= 0.6 is 0 Å². The number of hydrogen-bond donors (Lipinski definition) is 1. The third-order valence-corrected chi connectivity index (χ3v) is 3.78. The number of cyclic esters (lactones) is 1. The van der Waals surface area contributed by atoms with Crippen molar-refractivity contribution in [1.82, 2.24) is 0 Å². The number of carbonyl (C=O) groups excluding carboxylic acids is 1. The molecule has 118 valence electrons. The van der Waals surface area contributed by atoms with Crippen molar-refractivity contribution in [2.45, 2.75) is 19.1 Å². The minimum absolute atomic E-state index is 0.275. The molecule has 1 saturated heterocycles. The first-order valence-electron chi connectivity index (χ1n) is 7.60. The molecule has 2 aromatic carbocycles. The maximum Gasteiger partial charge on any atom is 0.336 e. The zero-order valence-electron chi connectivity index (χ0n) is 12.8. The first-order valence-corrected chi connectivity index (χ1v) is 7.60. The van der Waals surface area contributed by atoms with Crippen LogP contribution in [0.3, 0.4) is 0 Å². The summed E-state index contributed by atoms with van der Waals surface area (Å²) in [5.41, 5.74) is 9.06. The van der Waals surface area contributed by atoms with Gasteiger partial charge < -0.3 is 15.2 Å². The first-order chi connectivity index (χ1) is 11.2. The molecule has 0 radical (unpaired) electrons. The molecule has 1 heterocycles. The van der Waals surface area contributed by atoms with Gasteiger partial charge in [0.1, 0.15) is 6.10 Å². The van der Waals surface area contributed by atoms with E-state index in [2.05, 4.69) is 0 Å². The fourth-order valence-electron chi connectivity index (χ4n) is 2.56. The van der Waals surface area contributed by atoms with Crippen molar-refractivity contribution in [2.24, 2.45) is 5.73 Å². The zero-order chi connectivity index (χ0) is 16.1. The van der Waals surface area contributed by atoms with E-state index in [1.807, 2.05) is 60.7 Å². The molecule has 0 aliphatic carbocycles. The van der Waals surface area contributed by atoms with E-state index in [9.17, 15) is 4.79 Å². The highest BCUT2D eigenvalue weighted by molar-refractivity contribution is 5.98. The molecule has 0 bridgehead atoms. The first kappa shape index (κ1) is 15.3. The summed E-state index contributed by atoms with van der Waals surface area (Å²) in [6.45, 7) is 0.869. The van der Waals surface area contributed by atoms with Crippen LogP contribution in [0.2, 0.25) is 0 Å². The number of esters is 1. The van der Waals surface area contributed by atoms with Gasteiger partial charge in [0.15, 0.2) is 0 Å². The van der Waals surface area contributed by atoms with Gasteiger partial charge in [-0.1, -0.05) is 60.7 Å². The molecule has 0 aromatic heterocycles. The summed E-state index contributed by atoms with van der Waals surface area (Å²) >= 11 is 0. The topological polar surface area (TPSA) is 61.6 Å². The second-order valence-corrected chi connectivity index (χ2v) is 5.49. The molecule has 23 heavy (non-hydrogen) atoms. The Morgan fingerprint density at radius 3 is 2.43 bits per heavy atom. The molecule has 4 nitrogen and oxygen atoms in total. The van der Waals surface area contributed by atoms with Gasteiger partial charge in [0.25, 0.3) is 0 Å². The van der Waals surface area contributed by atoms with Crippen LogP contribution < -0.4 is 5.73 Å². The van der Waals surface area contributed by atoms with Gasteiger partial charge in [0.2, 0.25) is 0 Å². The van der Waals surface area contributed by atoms with Crippen molar-refractivity contribution < 1.29 is 14.3 Å². The molecule has 4 heteroatoms. The quantitative estimate of drug-likeness (QED) is 0.681. The monoisotopic (exact) mass is 309 g/mol. The number of carbonyl (C=O) groups is 1. The molecule has 1 unspecified atom stereocenters. The van der Waals surface area contributed by atoms with Gasteiger partial charge >= 0.3 is 5.97 Å². The van der Waals surface area contributed by atoms with Crippen LogP contribution in [0.1, 0.15) is 17.5 Å². The summed E-state index contributed by atoms with van der Waals surface area (Å²) in [5, 5.41) is 0. The van der Waals surface area contributed by atoms with Gasteiger partial charge in [-0.25, -0.2) is 4.79 Å². The maximum absolute atomic E-state index is 12.0. The molecule has 1 aliphatic heterocycles. The van der Waals surface area contributed by atoms with Crippen LogP contribution in [-0.2, 0) is 20.9 Å². The smallest absolute Gasteiger partial charge is 0.336 e. The number of rotatable bonds is 5. The van der Waals surface area contributed by atoms with Crippen LogP contribution in [-0.4, -0.2) is 18.7 Å². The average Bonchev–Trinajstić information content (AvgIpc) is 2.97. The van der Waals surface area contributed by atoms with Crippen molar-refractivity contribution in [1.29, 1.82) is 0 Å². The van der Waals surface area contributed by atoms with E-state index in [1.165, 1.54) is 0 Å². The Bertz CT molecular complexity index is 695. The average molecular weight is 309 g/mol. The molecule has 3 rings (SSSR count). The molecular weight excluding hydrogens is 290 g/mol. The maximum atomic E-state index is 12.0. The Balaban J connectivity index is 1.59. The SMILES string of the molecule is N/C(=C1\CC(COCc2ccccc2)OC1=O)c1ccccc1. The number of benzene rings is 2. The van der Waals surface area contributed by atoms with Gasteiger partial charge in [-0.05, 0) is 11.1 Å². The molecule has 1 atom stereocenters. The molecule has 2 aromatic rings. The van der Waals surface area contributed by atoms with Gasteiger partial charge in [0.05, 0.1) is 18.8 Å². The fraction of sp³-hybridized carbons (Fsp3) is 0.211. The van der Waals surface area contributed by atoms with Crippen molar-refractivity contribution in [3.63, 3.8) is 0 Å². The number of nitrogens with two attached hydrogens (primary N) is 1. The van der Waals surface area contributed by atoms with E-state index in [0.717, 1.165) is 11.1 Å². The summed E-state index contributed by atoms with van der Waals surface area (Å²) in [6.07, 6.45) is 0.206. The van der Waals surface area contributed by atoms with Crippen LogP contribution in [0.5, 0.6) is 0 Å². The standard InChI is InChI=1S/C19H19NO3/c20-18(15-9-5-2-6-10-15)17-11-16(23-19(17)21)13-22-12-14-7-3-1-4-8-14/h1-10,16H,11-13,20H2/b18-17+. The fourth-order valence-corrected chi connectivity index (χ4v) is 2.56. The van der Waals surface area contributed by atoms with Crippen LogP contribution in [0.15, 0.2) is 66.2 Å². The molecule has 1 aliphatic rings. The van der Waals surface area contributed by atoms with Crippen molar-refractivity contribution in [2.75, 3.05) is 6.61 Å². The van der Waals surface area contributed by atoms with Gasteiger partial charge in [-0.3, -0.25) is 0 Å². The highest BCUT2D eigenvalue weighted by Gasteiger charge is 2.31. The van der Waals surface area contributed by atoms with E-state index in [-0.39, 0.29) is 12.1 Å². The van der Waals surface area contributed by atoms with Crippen molar-refractivity contribution >= 4 is 11.7 Å². The Morgan fingerprint density at radius 1 is 1.09 bits per heavy atom. The number of hydrogen-bond acceptors (Lipinski definition) is 4. The lowest BCUT2D eigenvalue weighted by atomic mass is 10.0. The van der Waals surface area contributed by atoms with Gasteiger partial charge in [0, 0.05) is 12.1 Å². The predicted octanol–water partition coefficient (Wildman–Crippen LogP) is 2.89. The third-order valence-electron chi connectivity index (χ3n) is 3.78.